The van der Waals surface area contributed by atoms with E-state index in [1.165, 1.54) is 11.3 Å². The molecule has 7 heteroatoms. The van der Waals surface area contributed by atoms with Crippen LogP contribution in [0.3, 0.4) is 0 Å². The molecule has 1 atom stereocenters. The minimum Gasteiger partial charge on any atom is -0.376 e. The van der Waals surface area contributed by atoms with E-state index in [9.17, 15) is 4.79 Å². The summed E-state index contributed by atoms with van der Waals surface area (Å²) in [6.07, 6.45) is 0.259. The van der Waals surface area contributed by atoms with Gasteiger partial charge in [-0.2, -0.15) is 0 Å². The first-order chi connectivity index (χ1) is 8.19. The molecule has 1 aromatic heterocycles. The smallest absolute Gasteiger partial charge is 0.294 e. The molecule has 1 aliphatic heterocycles. The zero-order valence-corrected chi connectivity index (χ0v) is 10.5. The number of carbonyl (C=O) groups is 1. The lowest BCUT2D eigenvalue weighted by atomic mass is 10.3. The number of morpholine rings is 1. The molecule has 1 aromatic rings. The van der Waals surface area contributed by atoms with Crippen molar-refractivity contribution in [2.45, 2.75) is 19.6 Å². The number of nitrogens with zero attached hydrogens (tertiary/aromatic N) is 2. The first kappa shape index (κ1) is 12.4. The Labute approximate surface area is 104 Å². The van der Waals surface area contributed by atoms with Crippen LogP contribution in [0.25, 0.3) is 0 Å². The Hall–Kier alpha value is -1.02. The molecule has 0 aliphatic carbocycles. The van der Waals surface area contributed by atoms with Crippen LogP contribution in [-0.2, 0) is 11.3 Å². The van der Waals surface area contributed by atoms with Gasteiger partial charge in [-0.1, -0.05) is 0 Å². The van der Waals surface area contributed by atoms with Gasteiger partial charge in [0.25, 0.3) is 5.91 Å². The SMILES string of the molecule is CC1CN(Cc2csc(C(=O)NN)n2)CCO1. The van der Waals surface area contributed by atoms with E-state index in [0.29, 0.717) is 5.01 Å². The highest BCUT2D eigenvalue weighted by molar-refractivity contribution is 7.11. The highest BCUT2D eigenvalue weighted by atomic mass is 32.1. The number of hydrogen-bond donors (Lipinski definition) is 2. The molecule has 94 valence electrons. The van der Waals surface area contributed by atoms with Crippen molar-refractivity contribution < 1.29 is 9.53 Å². The number of nitrogens with one attached hydrogen (secondary N) is 1. The Bertz CT molecular complexity index is 395. The predicted octanol–water partition coefficient (Wildman–Crippen LogP) is -0.0327. The van der Waals surface area contributed by atoms with Gasteiger partial charge < -0.3 is 4.74 Å². The first-order valence-electron chi connectivity index (χ1n) is 5.48. The van der Waals surface area contributed by atoms with Gasteiger partial charge in [-0.25, -0.2) is 10.8 Å². The largest absolute Gasteiger partial charge is 0.376 e. The van der Waals surface area contributed by atoms with Crippen molar-refractivity contribution in [1.82, 2.24) is 15.3 Å². The highest BCUT2D eigenvalue weighted by Crippen LogP contribution is 2.13. The summed E-state index contributed by atoms with van der Waals surface area (Å²) < 4.78 is 5.47. The maximum atomic E-state index is 11.2. The summed E-state index contributed by atoms with van der Waals surface area (Å²) >= 11 is 1.31. The van der Waals surface area contributed by atoms with E-state index in [1.54, 1.807) is 0 Å². The van der Waals surface area contributed by atoms with Crippen LogP contribution in [0.1, 0.15) is 22.4 Å². The number of hydrazine groups is 1. The van der Waals surface area contributed by atoms with Gasteiger partial charge in [0.2, 0.25) is 0 Å². The van der Waals surface area contributed by atoms with Crippen LogP contribution in [0.5, 0.6) is 0 Å². The molecule has 1 saturated heterocycles. The zero-order chi connectivity index (χ0) is 12.3. The summed E-state index contributed by atoms with van der Waals surface area (Å²) in [5, 5.41) is 2.30. The molecular weight excluding hydrogens is 240 g/mol. The maximum absolute atomic E-state index is 11.2. The molecule has 0 aromatic carbocycles. The van der Waals surface area contributed by atoms with E-state index in [1.807, 2.05) is 5.38 Å². The van der Waals surface area contributed by atoms with E-state index >= 15 is 0 Å². The van der Waals surface area contributed by atoms with Crippen molar-refractivity contribution >= 4 is 17.2 Å². The van der Waals surface area contributed by atoms with E-state index in [0.717, 1.165) is 31.9 Å². The Kier molecular flexibility index (Phi) is 4.06. The van der Waals surface area contributed by atoms with Gasteiger partial charge in [0, 0.05) is 25.0 Å². The van der Waals surface area contributed by atoms with E-state index < -0.39 is 0 Å². The summed E-state index contributed by atoms with van der Waals surface area (Å²) in [6, 6.07) is 0. The Morgan fingerprint density at radius 2 is 2.65 bits per heavy atom. The zero-order valence-electron chi connectivity index (χ0n) is 9.68. The average molecular weight is 256 g/mol. The second kappa shape index (κ2) is 5.54. The van der Waals surface area contributed by atoms with Crippen molar-refractivity contribution in [3.05, 3.63) is 16.1 Å². The third-order valence-corrected chi connectivity index (χ3v) is 3.48. The molecule has 0 bridgehead atoms. The minimum atomic E-state index is -0.336. The third-order valence-electron chi connectivity index (χ3n) is 2.59. The Morgan fingerprint density at radius 3 is 3.35 bits per heavy atom. The van der Waals surface area contributed by atoms with Gasteiger partial charge >= 0.3 is 0 Å². The Balaban J connectivity index is 1.94. The van der Waals surface area contributed by atoms with Crippen LogP contribution in [0, 0.1) is 0 Å². The fourth-order valence-corrected chi connectivity index (χ4v) is 2.52. The third kappa shape index (κ3) is 3.22. The van der Waals surface area contributed by atoms with Gasteiger partial charge in [-0.15, -0.1) is 11.3 Å². The lowest BCUT2D eigenvalue weighted by Gasteiger charge is -2.30. The summed E-state index contributed by atoms with van der Waals surface area (Å²) in [4.78, 5) is 17.8. The number of nitrogen functional groups attached to an aromatic ring is 1. The van der Waals surface area contributed by atoms with Crippen molar-refractivity contribution in [3.63, 3.8) is 0 Å². The molecule has 2 rings (SSSR count). The molecule has 2 heterocycles. The van der Waals surface area contributed by atoms with Crippen molar-refractivity contribution in [1.29, 1.82) is 0 Å². The normalized spacial score (nSPS) is 21.4. The van der Waals surface area contributed by atoms with Gasteiger partial charge in [-0.05, 0) is 6.92 Å². The number of ether oxygens (including phenoxy) is 1. The summed E-state index contributed by atoms with van der Waals surface area (Å²) in [5.74, 6) is 4.72. The molecule has 1 fully saturated rings. The topological polar surface area (TPSA) is 80.5 Å². The second-order valence-corrected chi connectivity index (χ2v) is 4.89. The number of aromatic nitrogens is 1. The highest BCUT2D eigenvalue weighted by Gasteiger charge is 2.18. The van der Waals surface area contributed by atoms with E-state index in [4.69, 9.17) is 10.6 Å². The van der Waals surface area contributed by atoms with Gasteiger partial charge in [0.1, 0.15) is 0 Å². The number of carbonyl (C=O) groups excluding carboxylic acids is 1. The monoisotopic (exact) mass is 256 g/mol. The maximum Gasteiger partial charge on any atom is 0.294 e. The van der Waals surface area contributed by atoms with E-state index in [-0.39, 0.29) is 12.0 Å². The van der Waals surface area contributed by atoms with Crippen LogP contribution in [-0.4, -0.2) is 41.6 Å². The van der Waals surface area contributed by atoms with Gasteiger partial charge in [0.05, 0.1) is 18.4 Å². The number of hydrogen-bond acceptors (Lipinski definition) is 6. The standard InChI is InChI=1S/C10H16N4O2S/c1-7-4-14(2-3-16-7)5-8-6-17-10(12-8)9(15)13-11/h6-7H,2-5,11H2,1H3,(H,13,15). The lowest BCUT2D eigenvalue weighted by Crippen LogP contribution is -2.40. The van der Waals surface area contributed by atoms with Crippen LogP contribution < -0.4 is 11.3 Å². The van der Waals surface area contributed by atoms with E-state index in [2.05, 4.69) is 22.2 Å². The number of nitrogens with two attached hydrogens (primary N) is 1. The quantitative estimate of drug-likeness (QED) is 0.451. The van der Waals surface area contributed by atoms with Crippen LogP contribution in [0.4, 0.5) is 0 Å². The number of rotatable bonds is 3. The molecule has 0 spiro atoms. The molecule has 1 aliphatic rings. The molecule has 1 unspecified atom stereocenters. The second-order valence-electron chi connectivity index (χ2n) is 4.03. The fraction of sp³-hybridized carbons (Fsp3) is 0.600. The molecule has 0 saturated carbocycles. The molecule has 1 amide bonds. The first-order valence-corrected chi connectivity index (χ1v) is 6.36. The molecular formula is C10H16N4O2S. The minimum absolute atomic E-state index is 0.259. The van der Waals surface area contributed by atoms with Crippen LogP contribution in [0.2, 0.25) is 0 Å². The van der Waals surface area contributed by atoms with Gasteiger partial charge in [-0.3, -0.25) is 15.1 Å². The molecule has 17 heavy (non-hydrogen) atoms. The Morgan fingerprint density at radius 1 is 1.82 bits per heavy atom. The fourth-order valence-electron chi connectivity index (χ4n) is 1.81. The average Bonchev–Trinajstić information content (AvgIpc) is 2.76. The van der Waals surface area contributed by atoms with Crippen molar-refractivity contribution in [2.75, 3.05) is 19.7 Å². The number of amides is 1. The van der Waals surface area contributed by atoms with Crippen LogP contribution in [0.15, 0.2) is 5.38 Å². The van der Waals surface area contributed by atoms with Gasteiger partial charge in [0.15, 0.2) is 5.01 Å². The number of thiazole rings is 1. The summed E-state index contributed by atoms with van der Waals surface area (Å²) in [5.41, 5.74) is 2.99. The predicted molar refractivity (Wildman–Crippen MR) is 64.5 cm³/mol. The molecule has 6 nitrogen and oxygen atoms in total. The molecule has 3 N–H and O–H groups in total. The summed E-state index contributed by atoms with van der Waals surface area (Å²) in [6.45, 7) is 5.36. The lowest BCUT2D eigenvalue weighted by molar-refractivity contribution is -0.0215. The van der Waals surface area contributed by atoms with Crippen molar-refractivity contribution in [2.24, 2.45) is 5.84 Å². The van der Waals surface area contributed by atoms with Crippen molar-refractivity contribution in [3.8, 4) is 0 Å². The summed E-state index contributed by atoms with van der Waals surface area (Å²) in [7, 11) is 0. The van der Waals surface area contributed by atoms with Crippen LogP contribution >= 0.6 is 11.3 Å². The molecule has 0 radical (unpaired) electrons.